The van der Waals surface area contributed by atoms with Crippen LogP contribution in [0.3, 0.4) is 0 Å². The van der Waals surface area contributed by atoms with Crippen molar-refractivity contribution in [1.29, 1.82) is 0 Å². The van der Waals surface area contributed by atoms with Crippen LogP contribution in [-0.4, -0.2) is 26.8 Å². The molecule has 0 saturated heterocycles. The molecule has 0 atom stereocenters. The van der Waals surface area contributed by atoms with Crippen molar-refractivity contribution in [3.05, 3.63) is 60.3 Å². The zero-order chi connectivity index (χ0) is 14.1. The molecule has 5 heteroatoms. The van der Waals surface area contributed by atoms with Gasteiger partial charge in [0.05, 0.1) is 5.52 Å². The number of rotatable bonds is 3. The topological polar surface area (TPSA) is 65.6 Å². The number of aromatic nitrogens is 1. The van der Waals surface area contributed by atoms with Crippen molar-refractivity contribution in [2.24, 2.45) is 0 Å². The molecule has 0 fully saturated rings. The number of hydrogen-bond acceptors (Lipinski definition) is 3. The van der Waals surface area contributed by atoms with Crippen molar-refractivity contribution in [1.82, 2.24) is 4.57 Å². The number of nitrogens with zero attached hydrogens (tertiary/aromatic N) is 1. The molecule has 0 aliphatic rings. The summed E-state index contributed by atoms with van der Waals surface area (Å²) >= 11 is 0. The van der Waals surface area contributed by atoms with Gasteiger partial charge in [0, 0.05) is 18.1 Å². The summed E-state index contributed by atoms with van der Waals surface area (Å²) in [5.74, 6) is 0.278. The zero-order valence-electron chi connectivity index (χ0n) is 10.8. The van der Waals surface area contributed by atoms with Gasteiger partial charge in [0.15, 0.2) is 0 Å². The van der Waals surface area contributed by atoms with Gasteiger partial charge in [-0.2, -0.15) is 0 Å². The first kappa shape index (κ1) is 12.8. The summed E-state index contributed by atoms with van der Waals surface area (Å²) in [5.41, 5.74) is 2.50. The van der Waals surface area contributed by atoms with E-state index in [1.54, 1.807) is 18.2 Å². The SMILES string of the molecule is OB(O)c1ccc(Cn2ccc3c(O)cccc32)cc1. The first-order valence-corrected chi connectivity index (χ1v) is 6.37. The molecule has 1 aromatic heterocycles. The lowest BCUT2D eigenvalue weighted by Crippen LogP contribution is -2.29. The van der Waals surface area contributed by atoms with Crippen molar-refractivity contribution in [3.63, 3.8) is 0 Å². The van der Waals surface area contributed by atoms with E-state index in [2.05, 4.69) is 0 Å². The van der Waals surface area contributed by atoms with Crippen LogP contribution >= 0.6 is 0 Å². The number of hydrogen-bond donors (Lipinski definition) is 3. The van der Waals surface area contributed by atoms with Crippen LogP contribution in [0.2, 0.25) is 0 Å². The second-order valence-electron chi connectivity index (χ2n) is 4.77. The Labute approximate surface area is 116 Å². The van der Waals surface area contributed by atoms with Gasteiger partial charge in [-0.3, -0.25) is 0 Å². The Hall–Kier alpha value is -2.24. The van der Waals surface area contributed by atoms with Crippen LogP contribution in [0, 0.1) is 0 Å². The second kappa shape index (κ2) is 5.04. The van der Waals surface area contributed by atoms with Crippen molar-refractivity contribution in [2.75, 3.05) is 0 Å². The molecule has 1 heterocycles. The van der Waals surface area contributed by atoms with E-state index in [9.17, 15) is 5.11 Å². The molecule has 3 N–H and O–H groups in total. The normalized spacial score (nSPS) is 10.9. The maximum absolute atomic E-state index is 9.78. The average Bonchev–Trinajstić information content (AvgIpc) is 2.84. The third kappa shape index (κ3) is 2.29. The number of aromatic hydroxyl groups is 1. The third-order valence-corrected chi connectivity index (χ3v) is 3.42. The summed E-state index contributed by atoms with van der Waals surface area (Å²) in [6, 6.07) is 14.5. The molecule has 0 unspecified atom stereocenters. The number of benzene rings is 2. The van der Waals surface area contributed by atoms with Crippen LogP contribution in [0.1, 0.15) is 5.56 Å². The largest absolute Gasteiger partial charge is 0.507 e. The van der Waals surface area contributed by atoms with Gasteiger partial charge in [-0.05, 0) is 29.2 Å². The molecule has 4 nitrogen and oxygen atoms in total. The van der Waals surface area contributed by atoms with E-state index in [1.165, 1.54) is 0 Å². The van der Waals surface area contributed by atoms with Gasteiger partial charge < -0.3 is 19.7 Å². The number of fused-ring (bicyclic) bond motifs is 1. The molecule has 0 bridgehead atoms. The summed E-state index contributed by atoms with van der Waals surface area (Å²) in [6.07, 6.45) is 1.93. The lowest BCUT2D eigenvalue weighted by Gasteiger charge is -2.07. The van der Waals surface area contributed by atoms with Crippen molar-refractivity contribution < 1.29 is 15.2 Å². The molecule has 0 aliphatic carbocycles. The highest BCUT2D eigenvalue weighted by molar-refractivity contribution is 6.58. The smallest absolute Gasteiger partial charge is 0.488 e. The molecule has 0 radical (unpaired) electrons. The molecule has 20 heavy (non-hydrogen) atoms. The highest BCUT2D eigenvalue weighted by Crippen LogP contribution is 2.25. The highest BCUT2D eigenvalue weighted by atomic mass is 16.4. The van der Waals surface area contributed by atoms with Gasteiger partial charge >= 0.3 is 7.12 Å². The third-order valence-electron chi connectivity index (χ3n) is 3.42. The Kier molecular flexibility index (Phi) is 3.22. The molecule has 0 aliphatic heterocycles. The first-order valence-electron chi connectivity index (χ1n) is 6.37. The monoisotopic (exact) mass is 267 g/mol. The Morgan fingerprint density at radius 2 is 1.70 bits per heavy atom. The van der Waals surface area contributed by atoms with E-state index >= 15 is 0 Å². The zero-order valence-corrected chi connectivity index (χ0v) is 10.8. The second-order valence-corrected chi connectivity index (χ2v) is 4.77. The minimum absolute atomic E-state index is 0.278. The number of phenolic OH excluding ortho intramolecular Hbond substituents is 1. The molecule has 0 amide bonds. The lowest BCUT2D eigenvalue weighted by atomic mass is 9.80. The van der Waals surface area contributed by atoms with E-state index in [0.717, 1.165) is 16.5 Å². The Morgan fingerprint density at radius 3 is 2.40 bits per heavy atom. The van der Waals surface area contributed by atoms with Crippen molar-refractivity contribution in [2.45, 2.75) is 6.54 Å². The van der Waals surface area contributed by atoms with E-state index in [1.807, 2.05) is 41.1 Å². The van der Waals surface area contributed by atoms with Gasteiger partial charge in [-0.25, -0.2) is 0 Å². The maximum Gasteiger partial charge on any atom is 0.488 e. The standard InChI is InChI=1S/C15H14BNO3/c18-15-3-1-2-14-13(15)8-9-17(14)10-11-4-6-12(7-5-11)16(19)20/h1-9,18-20H,10H2. The van der Waals surface area contributed by atoms with Crippen molar-refractivity contribution >= 4 is 23.5 Å². The van der Waals surface area contributed by atoms with E-state index in [-0.39, 0.29) is 5.75 Å². The maximum atomic E-state index is 9.78. The van der Waals surface area contributed by atoms with Crippen LogP contribution in [-0.2, 0) is 6.54 Å². The molecule has 0 spiro atoms. The van der Waals surface area contributed by atoms with E-state index in [4.69, 9.17) is 10.0 Å². The fraction of sp³-hybridized carbons (Fsp3) is 0.0667. The summed E-state index contributed by atoms with van der Waals surface area (Å²) in [5, 5.41) is 28.7. The van der Waals surface area contributed by atoms with Gasteiger partial charge in [-0.15, -0.1) is 0 Å². The van der Waals surface area contributed by atoms with Crippen LogP contribution < -0.4 is 5.46 Å². The highest BCUT2D eigenvalue weighted by Gasteiger charge is 2.10. The summed E-state index contributed by atoms with van der Waals surface area (Å²) in [4.78, 5) is 0. The van der Waals surface area contributed by atoms with Gasteiger partial charge in [0.1, 0.15) is 5.75 Å². The van der Waals surface area contributed by atoms with Gasteiger partial charge in [0.2, 0.25) is 0 Å². The number of phenols is 1. The quantitative estimate of drug-likeness (QED) is 0.622. The van der Waals surface area contributed by atoms with Crippen LogP contribution in [0.15, 0.2) is 54.7 Å². The molecule has 3 aromatic rings. The van der Waals surface area contributed by atoms with Gasteiger partial charge in [0.25, 0.3) is 0 Å². The van der Waals surface area contributed by atoms with Crippen LogP contribution in [0.4, 0.5) is 0 Å². The minimum Gasteiger partial charge on any atom is -0.507 e. The molecular weight excluding hydrogens is 253 g/mol. The van der Waals surface area contributed by atoms with Crippen LogP contribution in [0.5, 0.6) is 5.75 Å². The predicted octanol–water partition coefficient (Wildman–Crippen LogP) is 1.07. The molecule has 100 valence electrons. The van der Waals surface area contributed by atoms with E-state index < -0.39 is 7.12 Å². The molecule has 2 aromatic carbocycles. The Balaban J connectivity index is 1.91. The van der Waals surface area contributed by atoms with Crippen molar-refractivity contribution in [3.8, 4) is 5.75 Å². The summed E-state index contributed by atoms with van der Waals surface area (Å²) in [7, 11) is -1.44. The fourth-order valence-corrected chi connectivity index (χ4v) is 2.34. The van der Waals surface area contributed by atoms with Crippen LogP contribution in [0.25, 0.3) is 10.9 Å². The Bertz CT molecular complexity index is 734. The lowest BCUT2D eigenvalue weighted by molar-refractivity contribution is 0.426. The molecular formula is C15H14BNO3. The summed E-state index contributed by atoms with van der Waals surface area (Å²) < 4.78 is 2.04. The summed E-state index contributed by atoms with van der Waals surface area (Å²) in [6.45, 7) is 0.661. The van der Waals surface area contributed by atoms with E-state index in [0.29, 0.717) is 12.0 Å². The average molecular weight is 267 g/mol. The first-order chi connectivity index (χ1) is 9.65. The fourth-order valence-electron chi connectivity index (χ4n) is 2.34. The predicted molar refractivity (Wildman–Crippen MR) is 79.0 cm³/mol. The minimum atomic E-state index is -1.44. The molecule has 3 rings (SSSR count). The van der Waals surface area contributed by atoms with Gasteiger partial charge in [-0.1, -0.05) is 30.3 Å². The molecule has 0 saturated carbocycles. The Morgan fingerprint density at radius 1 is 0.950 bits per heavy atom.